The first-order chi connectivity index (χ1) is 16.2. The molecule has 2 aromatic carbocycles. The molecule has 1 N–H and O–H groups in total. The number of nitrogens with one attached hydrogen (secondary N) is 1. The first-order valence-electron chi connectivity index (χ1n) is 10.1. The summed E-state index contributed by atoms with van der Waals surface area (Å²) in [5.74, 6) is 0.927. The Hall–Kier alpha value is -4.24. The van der Waals surface area contributed by atoms with Crippen LogP contribution in [0.2, 0.25) is 0 Å². The largest absolute Gasteiger partial charge is 0.493 e. The molecule has 5 aromatic rings. The van der Waals surface area contributed by atoms with Crippen molar-refractivity contribution in [2.75, 3.05) is 19.5 Å². The van der Waals surface area contributed by atoms with Crippen molar-refractivity contribution < 1.29 is 14.3 Å². The molecule has 0 bridgehead atoms. The molecule has 1 amide bonds. The van der Waals surface area contributed by atoms with E-state index in [9.17, 15) is 4.79 Å². The molecule has 0 aliphatic heterocycles. The highest BCUT2D eigenvalue weighted by atomic mass is 32.1. The van der Waals surface area contributed by atoms with E-state index in [-0.39, 0.29) is 5.91 Å². The molecule has 5 rings (SSSR count). The molecule has 0 aliphatic rings. The average molecular weight is 458 g/mol. The number of carbonyl (C=O) groups excluding carboxylic acids is 1. The van der Waals surface area contributed by atoms with Crippen LogP contribution in [0.25, 0.3) is 28.2 Å². The Morgan fingerprint density at radius 3 is 2.61 bits per heavy atom. The number of amides is 1. The minimum Gasteiger partial charge on any atom is -0.493 e. The van der Waals surface area contributed by atoms with Crippen molar-refractivity contribution in [1.29, 1.82) is 0 Å². The standard InChI is InChI=1S/C24H19N5O3S/c1-31-20-9-8-16(12-21(20)32-2)18-14-33-24(27-18)28-23(30)17-13-26-29-19(10-11-25-22(17)29)15-6-4-3-5-7-15/h3-14H,1-2H3,(H,27,28,30). The van der Waals surface area contributed by atoms with Gasteiger partial charge in [0.1, 0.15) is 5.56 Å². The molecule has 164 valence electrons. The van der Waals surface area contributed by atoms with Crippen LogP contribution >= 0.6 is 11.3 Å². The minimum atomic E-state index is -0.323. The fourth-order valence-electron chi connectivity index (χ4n) is 3.50. The van der Waals surface area contributed by atoms with Crippen LogP contribution < -0.4 is 14.8 Å². The summed E-state index contributed by atoms with van der Waals surface area (Å²) in [6.07, 6.45) is 3.20. The van der Waals surface area contributed by atoms with E-state index >= 15 is 0 Å². The number of rotatable bonds is 6. The van der Waals surface area contributed by atoms with Crippen molar-refractivity contribution in [2.45, 2.75) is 0 Å². The molecule has 9 heteroatoms. The van der Waals surface area contributed by atoms with Crippen molar-refractivity contribution in [1.82, 2.24) is 19.6 Å². The molecule has 0 saturated carbocycles. The maximum Gasteiger partial charge on any atom is 0.262 e. The zero-order chi connectivity index (χ0) is 22.8. The summed E-state index contributed by atoms with van der Waals surface area (Å²) in [6, 6.07) is 17.3. The highest BCUT2D eigenvalue weighted by Gasteiger charge is 2.18. The van der Waals surface area contributed by atoms with Gasteiger partial charge in [0.25, 0.3) is 5.91 Å². The molecule has 0 spiro atoms. The maximum atomic E-state index is 13.0. The quantitative estimate of drug-likeness (QED) is 0.394. The fraction of sp³-hybridized carbons (Fsp3) is 0.0833. The van der Waals surface area contributed by atoms with Crippen LogP contribution in [-0.2, 0) is 0 Å². The van der Waals surface area contributed by atoms with Gasteiger partial charge in [-0.2, -0.15) is 5.10 Å². The predicted molar refractivity (Wildman–Crippen MR) is 127 cm³/mol. The topological polar surface area (TPSA) is 90.6 Å². The van der Waals surface area contributed by atoms with E-state index < -0.39 is 0 Å². The molecule has 0 radical (unpaired) electrons. The lowest BCUT2D eigenvalue weighted by Crippen LogP contribution is -2.12. The number of thiazole rings is 1. The summed E-state index contributed by atoms with van der Waals surface area (Å²) in [4.78, 5) is 21.9. The number of carbonyl (C=O) groups is 1. The molecular formula is C24H19N5O3S. The first-order valence-corrected chi connectivity index (χ1v) is 10.9. The lowest BCUT2D eigenvalue weighted by atomic mass is 10.1. The molecule has 33 heavy (non-hydrogen) atoms. The van der Waals surface area contributed by atoms with Crippen molar-refractivity contribution >= 4 is 28.0 Å². The van der Waals surface area contributed by atoms with Gasteiger partial charge in [-0.1, -0.05) is 30.3 Å². The summed E-state index contributed by atoms with van der Waals surface area (Å²) in [6.45, 7) is 0. The van der Waals surface area contributed by atoms with Crippen LogP contribution in [0.5, 0.6) is 11.5 Å². The Kier molecular flexibility index (Phi) is 5.45. The third kappa shape index (κ3) is 3.90. The highest BCUT2D eigenvalue weighted by molar-refractivity contribution is 7.14. The molecule has 0 aliphatic carbocycles. The van der Waals surface area contributed by atoms with Crippen LogP contribution in [0.15, 0.2) is 72.4 Å². The second-order valence-electron chi connectivity index (χ2n) is 7.05. The number of anilines is 1. The van der Waals surface area contributed by atoms with E-state index in [1.54, 1.807) is 24.9 Å². The monoisotopic (exact) mass is 457 g/mol. The number of hydrogen-bond donors (Lipinski definition) is 1. The fourth-order valence-corrected chi connectivity index (χ4v) is 4.22. The molecule has 0 unspecified atom stereocenters. The molecule has 0 saturated heterocycles. The second-order valence-corrected chi connectivity index (χ2v) is 7.91. The maximum absolute atomic E-state index is 13.0. The number of hydrogen-bond acceptors (Lipinski definition) is 7. The zero-order valence-corrected chi connectivity index (χ0v) is 18.7. The van der Waals surface area contributed by atoms with Crippen molar-refractivity contribution in [3.63, 3.8) is 0 Å². The van der Waals surface area contributed by atoms with Gasteiger partial charge in [-0.05, 0) is 24.3 Å². The van der Waals surface area contributed by atoms with Gasteiger partial charge in [-0.25, -0.2) is 14.5 Å². The summed E-state index contributed by atoms with van der Waals surface area (Å²) in [5.41, 5.74) is 4.26. The Labute approximate surface area is 193 Å². The van der Waals surface area contributed by atoms with Gasteiger partial charge in [0.2, 0.25) is 0 Å². The highest BCUT2D eigenvalue weighted by Crippen LogP contribution is 2.33. The minimum absolute atomic E-state index is 0.323. The molecule has 0 fully saturated rings. The average Bonchev–Trinajstić information content (AvgIpc) is 3.51. The van der Waals surface area contributed by atoms with Gasteiger partial charge in [-0.3, -0.25) is 10.1 Å². The van der Waals surface area contributed by atoms with Gasteiger partial charge in [-0.15, -0.1) is 11.3 Å². The van der Waals surface area contributed by atoms with Crippen molar-refractivity contribution in [3.05, 3.63) is 77.9 Å². The first kappa shape index (κ1) is 20.7. The van der Waals surface area contributed by atoms with E-state index in [0.717, 1.165) is 22.5 Å². The van der Waals surface area contributed by atoms with E-state index in [2.05, 4.69) is 20.4 Å². The number of benzene rings is 2. The van der Waals surface area contributed by atoms with Crippen molar-refractivity contribution in [3.8, 4) is 34.0 Å². The zero-order valence-electron chi connectivity index (χ0n) is 17.9. The lowest BCUT2D eigenvalue weighted by molar-refractivity contribution is 0.102. The van der Waals surface area contributed by atoms with Gasteiger partial charge < -0.3 is 9.47 Å². The second kappa shape index (κ2) is 8.71. The van der Waals surface area contributed by atoms with Crippen LogP contribution in [0.3, 0.4) is 0 Å². The summed E-state index contributed by atoms with van der Waals surface area (Å²) in [7, 11) is 3.17. The Morgan fingerprint density at radius 1 is 1.00 bits per heavy atom. The number of methoxy groups -OCH3 is 2. The third-order valence-electron chi connectivity index (χ3n) is 5.12. The molecule has 8 nitrogen and oxygen atoms in total. The SMILES string of the molecule is COc1ccc(-c2csc(NC(=O)c3cnn4c(-c5ccccc5)ccnc34)n2)cc1OC. The van der Waals surface area contributed by atoms with E-state index in [1.807, 2.05) is 60.0 Å². The van der Waals surface area contributed by atoms with Crippen LogP contribution in [0.1, 0.15) is 10.4 Å². The van der Waals surface area contributed by atoms with Gasteiger partial charge >= 0.3 is 0 Å². The Bertz CT molecular complexity index is 1450. The summed E-state index contributed by atoms with van der Waals surface area (Å²) < 4.78 is 12.3. The van der Waals surface area contributed by atoms with Crippen LogP contribution in [0, 0.1) is 0 Å². The van der Waals surface area contributed by atoms with Crippen molar-refractivity contribution in [2.24, 2.45) is 0 Å². The molecule has 3 aromatic heterocycles. The molecule has 0 atom stereocenters. The number of nitrogens with zero attached hydrogens (tertiary/aromatic N) is 4. The van der Waals surface area contributed by atoms with Gasteiger partial charge in [0.15, 0.2) is 22.3 Å². The summed E-state index contributed by atoms with van der Waals surface area (Å²) in [5, 5.41) is 9.60. The normalized spacial score (nSPS) is 10.8. The molecule has 3 heterocycles. The van der Waals surface area contributed by atoms with Crippen LogP contribution in [0.4, 0.5) is 5.13 Å². The Morgan fingerprint density at radius 2 is 1.82 bits per heavy atom. The van der Waals surface area contributed by atoms with Gasteiger partial charge in [0, 0.05) is 22.7 Å². The smallest absolute Gasteiger partial charge is 0.262 e. The lowest BCUT2D eigenvalue weighted by Gasteiger charge is -2.08. The predicted octanol–water partition coefficient (Wildman–Crippen LogP) is 4.79. The summed E-state index contributed by atoms with van der Waals surface area (Å²) >= 11 is 1.34. The number of ether oxygens (including phenoxy) is 2. The number of aromatic nitrogens is 4. The van der Waals surface area contributed by atoms with Gasteiger partial charge in [0.05, 0.1) is 31.8 Å². The van der Waals surface area contributed by atoms with E-state index in [1.165, 1.54) is 17.5 Å². The molecular weight excluding hydrogens is 438 g/mol. The third-order valence-corrected chi connectivity index (χ3v) is 5.88. The van der Waals surface area contributed by atoms with Crippen LogP contribution in [-0.4, -0.2) is 39.7 Å². The number of fused-ring (bicyclic) bond motifs is 1. The Balaban J connectivity index is 1.41. The van der Waals surface area contributed by atoms with E-state index in [4.69, 9.17) is 9.47 Å². The van der Waals surface area contributed by atoms with E-state index in [0.29, 0.717) is 27.8 Å².